The molecule has 6 heteroatoms. The van der Waals surface area contributed by atoms with Gasteiger partial charge in [-0.3, -0.25) is 4.79 Å². The van der Waals surface area contributed by atoms with E-state index in [2.05, 4.69) is 24.2 Å². The molecule has 0 spiro atoms. The van der Waals surface area contributed by atoms with Gasteiger partial charge >= 0.3 is 0 Å². The molecule has 1 aromatic heterocycles. The van der Waals surface area contributed by atoms with Crippen LogP contribution >= 0.6 is 12.4 Å². The monoisotopic (exact) mass is 389 g/mol. The Morgan fingerprint density at radius 2 is 1.96 bits per heavy atom. The molecule has 5 rings (SSSR count). The molecule has 2 bridgehead atoms. The minimum Gasteiger partial charge on any atom is -0.440 e. The predicted octanol–water partition coefficient (Wildman–Crippen LogP) is 4.05. The summed E-state index contributed by atoms with van der Waals surface area (Å²) in [6, 6.07) is 7.15. The number of halogens is 1. The summed E-state index contributed by atoms with van der Waals surface area (Å²) in [5.74, 6) is 0.769. The van der Waals surface area contributed by atoms with Crippen molar-refractivity contribution in [2.75, 3.05) is 7.05 Å². The number of carbonyl (C=O) groups excluding carboxylic acids is 1. The first kappa shape index (κ1) is 18.8. The first-order valence-corrected chi connectivity index (χ1v) is 9.96. The largest absolute Gasteiger partial charge is 0.440 e. The maximum absolute atomic E-state index is 13.0. The zero-order chi connectivity index (χ0) is 17.9. The van der Waals surface area contributed by atoms with E-state index < -0.39 is 0 Å². The lowest BCUT2D eigenvalue weighted by Crippen LogP contribution is -2.55. The number of hydrogen-bond acceptors (Lipinski definition) is 4. The number of carbonyl (C=O) groups is 1. The highest BCUT2D eigenvalue weighted by atomic mass is 35.5. The van der Waals surface area contributed by atoms with Gasteiger partial charge in [-0.1, -0.05) is 19.4 Å². The molecule has 2 atom stereocenters. The molecule has 1 saturated carbocycles. The quantitative estimate of drug-likeness (QED) is 0.860. The van der Waals surface area contributed by atoms with Crippen molar-refractivity contribution in [1.29, 1.82) is 0 Å². The van der Waals surface area contributed by atoms with Crippen molar-refractivity contribution in [3.05, 3.63) is 29.7 Å². The highest BCUT2D eigenvalue weighted by Crippen LogP contribution is 2.47. The van der Waals surface area contributed by atoms with Crippen LogP contribution < -0.4 is 5.32 Å². The van der Waals surface area contributed by atoms with Crippen molar-refractivity contribution in [2.45, 2.75) is 75.4 Å². The van der Waals surface area contributed by atoms with E-state index in [1.54, 1.807) is 0 Å². The second-order valence-electron chi connectivity index (χ2n) is 8.78. The Balaban J connectivity index is 0.00000180. The number of fused-ring (bicyclic) bond motifs is 3. The summed E-state index contributed by atoms with van der Waals surface area (Å²) in [7, 11) is 2.24. The van der Waals surface area contributed by atoms with E-state index in [-0.39, 0.29) is 29.8 Å². The molecule has 3 fully saturated rings. The molecule has 3 heterocycles. The first-order chi connectivity index (χ1) is 12.5. The molecule has 1 N–H and O–H groups in total. The maximum atomic E-state index is 13.0. The molecule has 3 aliphatic rings. The average molecular weight is 390 g/mol. The maximum Gasteiger partial charge on any atom is 0.253 e. The zero-order valence-electron chi connectivity index (χ0n) is 16.0. The summed E-state index contributed by atoms with van der Waals surface area (Å²) in [5, 5.41) is 3.29. The van der Waals surface area contributed by atoms with E-state index in [0.29, 0.717) is 23.2 Å². The van der Waals surface area contributed by atoms with Crippen LogP contribution in [-0.2, 0) is 5.41 Å². The number of benzene rings is 1. The number of amides is 1. The molecule has 2 aliphatic heterocycles. The second kappa shape index (κ2) is 6.78. The minimum absolute atomic E-state index is 0. The Morgan fingerprint density at radius 1 is 1.26 bits per heavy atom. The van der Waals surface area contributed by atoms with Crippen LogP contribution in [0.15, 0.2) is 22.6 Å². The van der Waals surface area contributed by atoms with Gasteiger partial charge in [0.05, 0.1) is 5.56 Å². The molecule has 146 valence electrons. The van der Waals surface area contributed by atoms with Crippen molar-refractivity contribution in [2.24, 2.45) is 0 Å². The standard InChI is InChI=1S/C21H27N3O2.ClH/c1-21(9-10-21)20-23-18-16(7-4-8-17(18)26-20)19(25)22-13-11-14-5-3-6-15(12-13)24(14)2;/h4,7-8,13-15H,3,5-6,9-12H2,1-2H3,(H,22,25);1H. The van der Waals surface area contributed by atoms with E-state index in [1.807, 2.05) is 18.2 Å². The predicted molar refractivity (Wildman–Crippen MR) is 108 cm³/mol. The first-order valence-electron chi connectivity index (χ1n) is 9.96. The number of para-hydroxylation sites is 1. The Kier molecular flexibility index (Phi) is 4.71. The summed E-state index contributed by atoms with van der Waals surface area (Å²) < 4.78 is 5.95. The van der Waals surface area contributed by atoms with Gasteiger partial charge in [0.2, 0.25) is 5.89 Å². The van der Waals surface area contributed by atoms with Gasteiger partial charge in [0.25, 0.3) is 5.91 Å². The smallest absolute Gasteiger partial charge is 0.253 e. The molecular formula is C21H28ClN3O2. The third-order valence-electron chi connectivity index (χ3n) is 6.85. The topological polar surface area (TPSA) is 58.4 Å². The fourth-order valence-corrected chi connectivity index (χ4v) is 4.79. The number of piperidine rings is 2. The lowest BCUT2D eigenvalue weighted by atomic mass is 9.82. The van der Waals surface area contributed by atoms with Gasteiger partial charge in [-0.2, -0.15) is 0 Å². The average Bonchev–Trinajstić information content (AvgIpc) is 3.19. The highest BCUT2D eigenvalue weighted by Gasteiger charge is 2.44. The normalized spacial score (nSPS) is 29.2. The van der Waals surface area contributed by atoms with Crippen molar-refractivity contribution < 1.29 is 9.21 Å². The van der Waals surface area contributed by atoms with Gasteiger partial charge < -0.3 is 14.6 Å². The summed E-state index contributed by atoms with van der Waals surface area (Å²) >= 11 is 0. The molecule has 2 saturated heterocycles. The third-order valence-corrected chi connectivity index (χ3v) is 6.85. The number of nitrogens with zero attached hydrogens (tertiary/aromatic N) is 2. The number of oxazole rings is 1. The van der Waals surface area contributed by atoms with Gasteiger partial charge in [-0.25, -0.2) is 4.98 Å². The molecule has 2 unspecified atom stereocenters. The van der Waals surface area contributed by atoms with Gasteiger partial charge in [-0.05, 0) is 57.7 Å². The van der Waals surface area contributed by atoms with Crippen LogP contribution in [0.3, 0.4) is 0 Å². The van der Waals surface area contributed by atoms with Crippen LogP contribution in [0, 0.1) is 0 Å². The highest BCUT2D eigenvalue weighted by molar-refractivity contribution is 6.04. The van der Waals surface area contributed by atoms with E-state index in [0.717, 1.165) is 37.2 Å². The van der Waals surface area contributed by atoms with E-state index in [1.165, 1.54) is 19.3 Å². The molecule has 1 aliphatic carbocycles. The van der Waals surface area contributed by atoms with Gasteiger partial charge in [-0.15, -0.1) is 12.4 Å². The molecule has 5 nitrogen and oxygen atoms in total. The van der Waals surface area contributed by atoms with Gasteiger partial charge in [0, 0.05) is 23.5 Å². The number of nitrogens with one attached hydrogen (secondary N) is 1. The molecule has 2 aromatic rings. The summed E-state index contributed by atoms with van der Waals surface area (Å²) in [5.41, 5.74) is 2.14. The Labute approximate surface area is 166 Å². The van der Waals surface area contributed by atoms with E-state index >= 15 is 0 Å². The summed E-state index contributed by atoms with van der Waals surface area (Å²) in [6.45, 7) is 2.18. The second-order valence-corrected chi connectivity index (χ2v) is 8.78. The lowest BCUT2D eigenvalue weighted by molar-refractivity contribution is 0.0463. The van der Waals surface area contributed by atoms with Gasteiger partial charge in [0.1, 0.15) is 5.52 Å². The fourth-order valence-electron chi connectivity index (χ4n) is 4.79. The Bertz CT molecular complexity index is 846. The number of hydrogen-bond donors (Lipinski definition) is 1. The van der Waals surface area contributed by atoms with Gasteiger partial charge in [0.15, 0.2) is 5.58 Å². The minimum atomic E-state index is -0.0102. The summed E-state index contributed by atoms with van der Waals surface area (Å²) in [4.78, 5) is 20.2. The third kappa shape index (κ3) is 3.25. The van der Waals surface area contributed by atoms with Crippen LogP contribution in [0.1, 0.15) is 68.1 Å². The SMILES string of the molecule is CN1C2CCCC1CC(NC(=O)c1cccc3oc(C4(C)CC4)nc13)C2.Cl. The van der Waals surface area contributed by atoms with E-state index in [9.17, 15) is 4.79 Å². The van der Waals surface area contributed by atoms with Crippen LogP contribution in [0.25, 0.3) is 11.1 Å². The number of aromatic nitrogens is 1. The van der Waals surface area contributed by atoms with Crippen LogP contribution in [0.4, 0.5) is 0 Å². The van der Waals surface area contributed by atoms with Crippen molar-refractivity contribution in [3.8, 4) is 0 Å². The number of rotatable bonds is 3. The fraction of sp³-hybridized carbons (Fsp3) is 0.619. The summed E-state index contributed by atoms with van der Waals surface area (Å²) in [6.07, 6.45) is 8.15. The lowest BCUT2D eigenvalue weighted by Gasteiger charge is -2.47. The zero-order valence-corrected chi connectivity index (χ0v) is 16.8. The van der Waals surface area contributed by atoms with Crippen molar-refractivity contribution in [3.63, 3.8) is 0 Å². The molecule has 27 heavy (non-hydrogen) atoms. The Morgan fingerprint density at radius 3 is 2.63 bits per heavy atom. The molecule has 0 radical (unpaired) electrons. The Hall–Kier alpha value is -1.59. The van der Waals surface area contributed by atoms with Crippen LogP contribution in [0.5, 0.6) is 0 Å². The molecule has 1 aromatic carbocycles. The molecule has 1 amide bonds. The van der Waals surface area contributed by atoms with E-state index in [4.69, 9.17) is 9.40 Å². The van der Waals surface area contributed by atoms with Crippen LogP contribution in [-0.4, -0.2) is 41.0 Å². The van der Waals surface area contributed by atoms with Crippen molar-refractivity contribution in [1.82, 2.24) is 15.2 Å². The van der Waals surface area contributed by atoms with Crippen LogP contribution in [0.2, 0.25) is 0 Å². The van der Waals surface area contributed by atoms with Crippen molar-refractivity contribution >= 4 is 29.4 Å². The molecular weight excluding hydrogens is 362 g/mol.